The molecule has 1 N–H and O–H groups in total. The van der Waals surface area contributed by atoms with E-state index in [1.54, 1.807) is 11.7 Å². The zero-order valence-electron chi connectivity index (χ0n) is 15.6. The highest BCUT2D eigenvalue weighted by Crippen LogP contribution is 2.23. The van der Waals surface area contributed by atoms with E-state index in [1.807, 2.05) is 78.9 Å². The molecule has 0 bridgehead atoms. The van der Waals surface area contributed by atoms with Crippen LogP contribution in [0.5, 0.6) is 5.75 Å². The fourth-order valence-corrected chi connectivity index (χ4v) is 3.28. The highest BCUT2D eigenvalue weighted by atomic mass is 16.5. The van der Waals surface area contributed by atoms with Gasteiger partial charge < -0.3 is 10.1 Å². The van der Waals surface area contributed by atoms with Crippen LogP contribution in [-0.4, -0.2) is 23.2 Å². The molecule has 0 unspecified atom stereocenters. The second-order valence-corrected chi connectivity index (χ2v) is 6.40. The van der Waals surface area contributed by atoms with Crippen molar-refractivity contribution >= 4 is 16.6 Å². The summed E-state index contributed by atoms with van der Waals surface area (Å²) in [7, 11) is 1.64. The van der Waals surface area contributed by atoms with Crippen LogP contribution in [0.2, 0.25) is 0 Å². The first kappa shape index (κ1) is 17.8. The van der Waals surface area contributed by atoms with Crippen molar-refractivity contribution in [2.24, 2.45) is 0 Å². The fraction of sp³-hybridized carbons (Fsp3) is 0.130. The number of methoxy groups -OCH3 is 1. The summed E-state index contributed by atoms with van der Waals surface area (Å²) >= 11 is 0. The smallest absolute Gasteiger partial charge is 0.261 e. The Kier molecular flexibility index (Phi) is 5.06. The molecule has 0 aliphatic rings. The van der Waals surface area contributed by atoms with Gasteiger partial charge in [-0.15, -0.1) is 0 Å². The van der Waals surface area contributed by atoms with E-state index in [0.29, 0.717) is 29.8 Å². The summed E-state index contributed by atoms with van der Waals surface area (Å²) in [6, 6.07) is 25.0. The predicted molar refractivity (Wildman–Crippen MR) is 113 cm³/mol. The monoisotopic (exact) mass is 371 g/mol. The second kappa shape index (κ2) is 7.96. The molecule has 4 rings (SSSR count). The first-order chi connectivity index (χ1) is 13.8. The van der Waals surface area contributed by atoms with E-state index in [1.165, 1.54) is 0 Å². The Balaban J connectivity index is 1.71. The summed E-state index contributed by atoms with van der Waals surface area (Å²) in [6.45, 7) is 1.05. The number of nitrogens with zero attached hydrogens (tertiary/aromatic N) is 2. The summed E-state index contributed by atoms with van der Waals surface area (Å²) in [5, 5.41) is 3.98. The average molecular weight is 371 g/mol. The molecule has 0 aliphatic carbocycles. The van der Waals surface area contributed by atoms with E-state index in [0.717, 1.165) is 17.0 Å². The van der Waals surface area contributed by atoms with Gasteiger partial charge in [-0.25, -0.2) is 4.98 Å². The van der Waals surface area contributed by atoms with Crippen LogP contribution in [0, 0.1) is 0 Å². The lowest BCUT2D eigenvalue weighted by Gasteiger charge is -2.15. The van der Waals surface area contributed by atoms with Crippen LogP contribution in [0.4, 0.5) is 5.69 Å². The fourth-order valence-electron chi connectivity index (χ4n) is 3.28. The molecule has 140 valence electrons. The number of fused-ring (bicyclic) bond motifs is 1. The highest BCUT2D eigenvalue weighted by Gasteiger charge is 2.12. The number of para-hydroxylation sites is 3. The van der Waals surface area contributed by atoms with Crippen LogP contribution in [0.1, 0.15) is 0 Å². The van der Waals surface area contributed by atoms with Crippen molar-refractivity contribution in [3.05, 3.63) is 89.2 Å². The van der Waals surface area contributed by atoms with Crippen molar-refractivity contribution in [2.75, 3.05) is 19.0 Å². The van der Waals surface area contributed by atoms with E-state index in [9.17, 15) is 4.79 Å². The quantitative estimate of drug-likeness (QED) is 0.552. The molecule has 0 atom stereocenters. The molecule has 0 aliphatic heterocycles. The Bertz CT molecular complexity index is 1150. The van der Waals surface area contributed by atoms with Gasteiger partial charge in [0, 0.05) is 18.7 Å². The lowest BCUT2D eigenvalue weighted by molar-refractivity contribution is 0.416. The number of ether oxygens (including phenoxy) is 1. The normalized spacial score (nSPS) is 10.8. The molecule has 0 saturated heterocycles. The number of benzene rings is 3. The molecule has 0 saturated carbocycles. The maximum atomic E-state index is 13.2. The Hall–Kier alpha value is -3.60. The molecule has 5 nitrogen and oxygen atoms in total. The summed E-state index contributed by atoms with van der Waals surface area (Å²) in [5.41, 5.74) is 2.49. The summed E-state index contributed by atoms with van der Waals surface area (Å²) < 4.78 is 7.12. The van der Waals surface area contributed by atoms with Gasteiger partial charge in [0.15, 0.2) is 0 Å². The third kappa shape index (κ3) is 3.47. The third-order valence-corrected chi connectivity index (χ3v) is 4.65. The number of hydrogen-bond acceptors (Lipinski definition) is 4. The van der Waals surface area contributed by atoms with Gasteiger partial charge in [0.05, 0.1) is 23.7 Å². The van der Waals surface area contributed by atoms with E-state index in [4.69, 9.17) is 9.72 Å². The molecule has 0 fully saturated rings. The zero-order valence-corrected chi connectivity index (χ0v) is 15.6. The topological polar surface area (TPSA) is 56.1 Å². The van der Waals surface area contributed by atoms with E-state index >= 15 is 0 Å². The Morgan fingerprint density at radius 3 is 2.46 bits per heavy atom. The van der Waals surface area contributed by atoms with Gasteiger partial charge in [-0.05, 0) is 24.3 Å². The van der Waals surface area contributed by atoms with Crippen molar-refractivity contribution in [3.8, 4) is 17.1 Å². The van der Waals surface area contributed by atoms with Crippen LogP contribution in [0.25, 0.3) is 22.3 Å². The minimum absolute atomic E-state index is 0.0359. The van der Waals surface area contributed by atoms with Gasteiger partial charge in [-0.3, -0.25) is 9.36 Å². The third-order valence-electron chi connectivity index (χ3n) is 4.65. The Morgan fingerprint density at radius 2 is 1.64 bits per heavy atom. The van der Waals surface area contributed by atoms with Gasteiger partial charge >= 0.3 is 0 Å². The number of anilines is 1. The number of rotatable bonds is 6. The van der Waals surface area contributed by atoms with Gasteiger partial charge in [-0.2, -0.15) is 0 Å². The van der Waals surface area contributed by atoms with Crippen molar-refractivity contribution in [3.63, 3.8) is 0 Å². The van der Waals surface area contributed by atoms with E-state index in [-0.39, 0.29) is 5.56 Å². The minimum atomic E-state index is -0.0359. The van der Waals surface area contributed by atoms with E-state index < -0.39 is 0 Å². The van der Waals surface area contributed by atoms with Crippen LogP contribution < -0.4 is 15.6 Å². The van der Waals surface area contributed by atoms with Gasteiger partial charge in [-0.1, -0.05) is 54.6 Å². The van der Waals surface area contributed by atoms with Crippen molar-refractivity contribution in [1.82, 2.24) is 9.55 Å². The van der Waals surface area contributed by atoms with Crippen molar-refractivity contribution < 1.29 is 4.74 Å². The van der Waals surface area contributed by atoms with Gasteiger partial charge in [0.1, 0.15) is 11.6 Å². The number of nitrogens with one attached hydrogen (secondary N) is 1. The molecule has 28 heavy (non-hydrogen) atoms. The van der Waals surface area contributed by atoms with Gasteiger partial charge in [0.2, 0.25) is 0 Å². The van der Waals surface area contributed by atoms with Crippen LogP contribution in [0.3, 0.4) is 0 Å². The van der Waals surface area contributed by atoms with Crippen LogP contribution in [0.15, 0.2) is 83.7 Å². The molecule has 0 spiro atoms. The number of hydrogen-bond donors (Lipinski definition) is 1. The molecule has 1 heterocycles. The van der Waals surface area contributed by atoms with Crippen LogP contribution >= 0.6 is 0 Å². The largest absolute Gasteiger partial charge is 0.495 e. The first-order valence-corrected chi connectivity index (χ1v) is 9.20. The number of aromatic nitrogens is 2. The standard InChI is InChI=1S/C23H21N3O2/c1-28-21-14-8-7-13-20(21)24-15-16-26-22(17-9-3-2-4-10-17)25-19-12-6-5-11-18(19)23(26)27/h2-14,24H,15-16H2,1H3. The first-order valence-electron chi connectivity index (χ1n) is 9.20. The van der Waals surface area contributed by atoms with Gasteiger partial charge in [0.25, 0.3) is 5.56 Å². The minimum Gasteiger partial charge on any atom is -0.495 e. The Morgan fingerprint density at radius 1 is 0.929 bits per heavy atom. The summed E-state index contributed by atoms with van der Waals surface area (Å²) in [6.07, 6.45) is 0. The molecule has 1 aromatic heterocycles. The van der Waals surface area contributed by atoms with E-state index in [2.05, 4.69) is 5.32 Å². The SMILES string of the molecule is COc1ccccc1NCCn1c(-c2ccccc2)nc2ccccc2c1=O. The Labute approximate surface area is 163 Å². The lowest BCUT2D eigenvalue weighted by Crippen LogP contribution is -2.26. The molecule has 0 amide bonds. The maximum Gasteiger partial charge on any atom is 0.261 e. The van der Waals surface area contributed by atoms with Crippen LogP contribution in [-0.2, 0) is 6.54 Å². The summed E-state index contributed by atoms with van der Waals surface area (Å²) in [5.74, 6) is 1.45. The molecule has 5 heteroatoms. The maximum absolute atomic E-state index is 13.2. The molecule has 3 aromatic carbocycles. The second-order valence-electron chi connectivity index (χ2n) is 6.40. The van der Waals surface area contributed by atoms with Crippen molar-refractivity contribution in [2.45, 2.75) is 6.54 Å². The molecular weight excluding hydrogens is 350 g/mol. The molecule has 4 aromatic rings. The average Bonchev–Trinajstić information content (AvgIpc) is 2.76. The molecular formula is C23H21N3O2. The van der Waals surface area contributed by atoms with Crippen molar-refractivity contribution in [1.29, 1.82) is 0 Å². The molecule has 0 radical (unpaired) electrons. The summed E-state index contributed by atoms with van der Waals surface area (Å²) in [4.78, 5) is 17.9. The highest BCUT2D eigenvalue weighted by molar-refractivity contribution is 5.79. The predicted octanol–water partition coefficient (Wildman–Crippen LogP) is 4.18. The zero-order chi connectivity index (χ0) is 19.3. The lowest BCUT2D eigenvalue weighted by atomic mass is 10.2.